The highest BCUT2D eigenvalue weighted by atomic mass is 32.1. The molecule has 0 spiro atoms. The normalized spacial score (nSPS) is 15.8. The lowest BCUT2D eigenvalue weighted by molar-refractivity contribution is 0.102. The standard InChI is InChI=1S/C20H17F2N5O2S/c21-14-9-8-13(11-15(14)22)23-17(28)19-26-25-18(30-19)16-7-4-10-27(16)20(29)24-12-5-2-1-3-6-12/h1-3,5-6,8-9,11,16H,4,7,10H2,(H,23,28)(H,24,29)/t16-/m1/s1. The molecule has 30 heavy (non-hydrogen) atoms. The molecule has 1 aliphatic heterocycles. The maximum absolute atomic E-state index is 13.3. The molecule has 1 atom stereocenters. The molecule has 0 saturated carbocycles. The SMILES string of the molecule is O=C(Nc1ccc(F)c(F)c1)c1nnc([C@H]2CCCN2C(=O)Nc2ccccc2)s1. The van der Waals surface area contributed by atoms with Crippen LogP contribution in [0.1, 0.15) is 33.7 Å². The van der Waals surface area contributed by atoms with E-state index in [0.717, 1.165) is 29.9 Å². The first-order valence-electron chi connectivity index (χ1n) is 9.24. The molecule has 2 heterocycles. The number of anilines is 2. The molecule has 4 rings (SSSR count). The Balaban J connectivity index is 1.45. The van der Waals surface area contributed by atoms with Gasteiger partial charge in [-0.2, -0.15) is 0 Å². The number of hydrogen-bond acceptors (Lipinski definition) is 5. The van der Waals surface area contributed by atoms with Crippen molar-refractivity contribution in [3.8, 4) is 0 Å². The zero-order valence-electron chi connectivity index (χ0n) is 15.6. The molecular weight excluding hydrogens is 412 g/mol. The number of likely N-dealkylation sites (tertiary alicyclic amines) is 1. The molecule has 3 amide bonds. The number of carbonyl (C=O) groups is 2. The molecule has 2 aromatic carbocycles. The van der Waals surface area contributed by atoms with Gasteiger partial charge < -0.3 is 15.5 Å². The number of carbonyl (C=O) groups excluding carboxylic acids is 2. The van der Waals surface area contributed by atoms with Gasteiger partial charge in [0.2, 0.25) is 5.01 Å². The zero-order chi connectivity index (χ0) is 21.1. The van der Waals surface area contributed by atoms with Crippen LogP contribution in [-0.4, -0.2) is 33.6 Å². The molecule has 1 saturated heterocycles. The van der Waals surface area contributed by atoms with Crippen molar-refractivity contribution in [1.82, 2.24) is 15.1 Å². The van der Waals surface area contributed by atoms with Crippen molar-refractivity contribution >= 4 is 34.6 Å². The fourth-order valence-corrected chi connectivity index (χ4v) is 4.09. The fourth-order valence-electron chi connectivity index (χ4n) is 3.20. The van der Waals surface area contributed by atoms with Crippen LogP contribution in [0.2, 0.25) is 0 Å². The fraction of sp³-hybridized carbons (Fsp3) is 0.200. The summed E-state index contributed by atoms with van der Waals surface area (Å²) in [4.78, 5) is 26.7. The Morgan fingerprint density at radius 1 is 1.00 bits per heavy atom. The summed E-state index contributed by atoms with van der Waals surface area (Å²) >= 11 is 1.07. The molecule has 7 nitrogen and oxygen atoms in total. The third kappa shape index (κ3) is 4.28. The van der Waals surface area contributed by atoms with Crippen LogP contribution in [0, 0.1) is 11.6 Å². The van der Waals surface area contributed by atoms with Gasteiger partial charge in [-0.25, -0.2) is 13.6 Å². The Hall–Kier alpha value is -3.40. The largest absolute Gasteiger partial charge is 0.322 e. The molecule has 1 aromatic heterocycles. The Kier molecular flexibility index (Phi) is 5.66. The van der Waals surface area contributed by atoms with Crippen LogP contribution in [0.4, 0.5) is 25.0 Å². The average Bonchev–Trinajstić information content (AvgIpc) is 3.41. The minimum Gasteiger partial charge on any atom is -0.320 e. The van der Waals surface area contributed by atoms with Crippen molar-refractivity contribution in [1.29, 1.82) is 0 Å². The minimum absolute atomic E-state index is 0.0741. The second-order valence-electron chi connectivity index (χ2n) is 6.68. The summed E-state index contributed by atoms with van der Waals surface area (Å²) in [7, 11) is 0. The van der Waals surface area contributed by atoms with Gasteiger partial charge >= 0.3 is 6.03 Å². The molecule has 10 heteroatoms. The highest BCUT2D eigenvalue weighted by Gasteiger charge is 2.33. The molecule has 0 radical (unpaired) electrons. The quantitative estimate of drug-likeness (QED) is 0.642. The van der Waals surface area contributed by atoms with Crippen LogP contribution in [0.5, 0.6) is 0 Å². The van der Waals surface area contributed by atoms with Crippen molar-refractivity contribution in [2.75, 3.05) is 17.2 Å². The monoisotopic (exact) mass is 429 g/mol. The van der Waals surface area contributed by atoms with Crippen molar-refractivity contribution in [3.05, 3.63) is 70.2 Å². The van der Waals surface area contributed by atoms with E-state index in [1.807, 2.05) is 18.2 Å². The van der Waals surface area contributed by atoms with E-state index in [1.54, 1.807) is 17.0 Å². The van der Waals surface area contributed by atoms with Gasteiger partial charge in [0.25, 0.3) is 5.91 Å². The Morgan fingerprint density at radius 2 is 1.80 bits per heavy atom. The molecule has 2 N–H and O–H groups in total. The molecule has 3 aromatic rings. The van der Waals surface area contributed by atoms with E-state index in [-0.39, 0.29) is 22.8 Å². The van der Waals surface area contributed by atoms with Gasteiger partial charge in [0.1, 0.15) is 5.01 Å². The lowest BCUT2D eigenvalue weighted by atomic mass is 10.2. The van der Waals surface area contributed by atoms with Gasteiger partial charge in [-0.15, -0.1) is 10.2 Å². The van der Waals surface area contributed by atoms with E-state index in [9.17, 15) is 18.4 Å². The molecule has 1 fully saturated rings. The molecule has 0 bridgehead atoms. The first-order chi connectivity index (χ1) is 14.5. The maximum atomic E-state index is 13.3. The Morgan fingerprint density at radius 3 is 2.57 bits per heavy atom. The van der Waals surface area contributed by atoms with Crippen LogP contribution in [-0.2, 0) is 0 Å². The summed E-state index contributed by atoms with van der Waals surface area (Å²) in [5.74, 6) is -2.64. The van der Waals surface area contributed by atoms with Gasteiger partial charge in [0.15, 0.2) is 11.6 Å². The third-order valence-electron chi connectivity index (χ3n) is 4.64. The highest BCUT2D eigenvalue weighted by Crippen LogP contribution is 2.34. The second-order valence-corrected chi connectivity index (χ2v) is 7.69. The number of benzene rings is 2. The smallest absolute Gasteiger partial charge is 0.320 e. The van der Waals surface area contributed by atoms with Crippen molar-refractivity contribution in [3.63, 3.8) is 0 Å². The number of nitrogens with zero attached hydrogens (tertiary/aromatic N) is 3. The van der Waals surface area contributed by atoms with Crippen LogP contribution in [0.25, 0.3) is 0 Å². The number of amides is 3. The van der Waals surface area contributed by atoms with Gasteiger partial charge in [0.05, 0.1) is 6.04 Å². The lowest BCUT2D eigenvalue weighted by Crippen LogP contribution is -2.34. The third-order valence-corrected chi connectivity index (χ3v) is 5.66. The number of nitrogens with one attached hydrogen (secondary N) is 2. The summed E-state index contributed by atoms with van der Waals surface area (Å²) < 4.78 is 26.3. The minimum atomic E-state index is -1.06. The van der Waals surface area contributed by atoms with Crippen LogP contribution >= 0.6 is 11.3 Å². The lowest BCUT2D eigenvalue weighted by Gasteiger charge is -2.23. The summed E-state index contributed by atoms with van der Waals surface area (Å²) in [5, 5.41) is 13.9. The summed E-state index contributed by atoms with van der Waals surface area (Å²) in [6.07, 6.45) is 1.52. The number of halogens is 2. The van der Waals surface area contributed by atoms with E-state index in [0.29, 0.717) is 23.7 Å². The van der Waals surface area contributed by atoms with Gasteiger partial charge in [-0.3, -0.25) is 4.79 Å². The van der Waals surface area contributed by atoms with E-state index in [4.69, 9.17) is 0 Å². The van der Waals surface area contributed by atoms with Crippen molar-refractivity contribution in [2.45, 2.75) is 18.9 Å². The summed E-state index contributed by atoms with van der Waals surface area (Å²) in [6.45, 7) is 0.569. The number of aromatic nitrogens is 2. The van der Waals surface area contributed by atoms with E-state index < -0.39 is 17.5 Å². The number of rotatable bonds is 4. The van der Waals surface area contributed by atoms with Crippen LogP contribution < -0.4 is 10.6 Å². The predicted octanol–water partition coefficient (Wildman–Crippen LogP) is 4.44. The van der Waals surface area contributed by atoms with Gasteiger partial charge in [-0.05, 0) is 37.1 Å². The van der Waals surface area contributed by atoms with E-state index >= 15 is 0 Å². The highest BCUT2D eigenvalue weighted by molar-refractivity contribution is 7.13. The number of urea groups is 1. The Bertz CT molecular complexity index is 1080. The van der Waals surface area contributed by atoms with Crippen molar-refractivity contribution in [2.24, 2.45) is 0 Å². The number of para-hydroxylation sites is 1. The van der Waals surface area contributed by atoms with Crippen LogP contribution in [0.15, 0.2) is 48.5 Å². The van der Waals surface area contributed by atoms with Gasteiger partial charge in [-0.1, -0.05) is 29.5 Å². The first kappa shape index (κ1) is 19.9. The van der Waals surface area contributed by atoms with Crippen LogP contribution in [0.3, 0.4) is 0 Å². The summed E-state index contributed by atoms with van der Waals surface area (Å²) in [5.41, 5.74) is 0.803. The average molecular weight is 429 g/mol. The zero-order valence-corrected chi connectivity index (χ0v) is 16.5. The number of hydrogen-bond donors (Lipinski definition) is 2. The topological polar surface area (TPSA) is 87.2 Å². The maximum Gasteiger partial charge on any atom is 0.322 e. The molecule has 0 aliphatic carbocycles. The second kappa shape index (κ2) is 8.54. The molecule has 1 aliphatic rings. The van der Waals surface area contributed by atoms with Crippen molar-refractivity contribution < 1.29 is 18.4 Å². The molecule has 0 unspecified atom stereocenters. The summed E-state index contributed by atoms with van der Waals surface area (Å²) in [6, 6.07) is 11.7. The van der Waals surface area contributed by atoms with E-state index in [2.05, 4.69) is 20.8 Å². The predicted molar refractivity (Wildman–Crippen MR) is 108 cm³/mol. The first-order valence-corrected chi connectivity index (χ1v) is 10.1. The molecule has 154 valence electrons. The van der Waals surface area contributed by atoms with E-state index in [1.165, 1.54) is 6.07 Å². The van der Waals surface area contributed by atoms with Gasteiger partial charge in [0, 0.05) is 24.0 Å². The Labute approximate surface area is 174 Å². The molecular formula is C20H17F2N5O2S.